The van der Waals surface area contributed by atoms with E-state index in [1.165, 1.54) is 24.3 Å². The minimum absolute atomic E-state index is 0.0299. The highest BCUT2D eigenvalue weighted by Crippen LogP contribution is 2.31. The van der Waals surface area contributed by atoms with Crippen molar-refractivity contribution in [3.8, 4) is 17.1 Å². The van der Waals surface area contributed by atoms with Gasteiger partial charge in [-0.2, -0.15) is 13.2 Å². The lowest BCUT2D eigenvalue weighted by Gasteiger charge is -2.11. The molecule has 0 bridgehead atoms. The van der Waals surface area contributed by atoms with Gasteiger partial charge < -0.3 is 5.32 Å². The summed E-state index contributed by atoms with van der Waals surface area (Å²) in [5.41, 5.74) is 0.433. The minimum atomic E-state index is -4.51. The molecule has 0 aliphatic heterocycles. The number of nitrogens with zero attached hydrogens (tertiary/aromatic N) is 3. The van der Waals surface area contributed by atoms with Crippen LogP contribution < -0.4 is 5.32 Å². The molecule has 5 nitrogen and oxygen atoms in total. The van der Waals surface area contributed by atoms with Gasteiger partial charge >= 0.3 is 6.18 Å². The van der Waals surface area contributed by atoms with Crippen LogP contribution in [0.1, 0.15) is 5.56 Å². The predicted molar refractivity (Wildman–Crippen MR) is 123 cm³/mol. The highest BCUT2D eigenvalue weighted by Gasteiger charge is 2.30. The second kappa shape index (κ2) is 9.86. The lowest BCUT2D eigenvalue weighted by Crippen LogP contribution is -2.15. The average Bonchev–Trinajstić information content (AvgIpc) is 3.22. The van der Waals surface area contributed by atoms with Crippen LogP contribution in [0.15, 0.2) is 78.0 Å². The molecule has 0 saturated heterocycles. The van der Waals surface area contributed by atoms with Crippen molar-refractivity contribution in [2.24, 2.45) is 0 Å². The molecule has 34 heavy (non-hydrogen) atoms. The van der Waals surface area contributed by atoms with Crippen LogP contribution in [0.4, 0.5) is 23.2 Å². The molecule has 0 aliphatic carbocycles. The number of thioether (sulfide) groups is 1. The first-order valence-corrected chi connectivity index (χ1v) is 11.1. The van der Waals surface area contributed by atoms with Crippen LogP contribution in [0, 0.1) is 5.82 Å². The molecule has 1 N–H and O–H groups in total. The Kier molecular flexibility index (Phi) is 6.90. The Bertz CT molecular complexity index is 1310. The van der Waals surface area contributed by atoms with Crippen molar-refractivity contribution in [3.05, 3.63) is 89.2 Å². The molecule has 174 valence electrons. The molecule has 0 unspecified atom stereocenters. The smallest absolute Gasteiger partial charge is 0.325 e. The standard InChI is InChI=1S/C23H15ClF4N4OS/c24-16-6-4-14(5-7-16)21-30-31-22(32(21)19-10-8-17(25)9-11-19)34-13-20(33)29-18-3-1-2-15(12-18)23(26,27)28/h1-12H,13H2,(H,29,33). The molecule has 0 fully saturated rings. The minimum Gasteiger partial charge on any atom is -0.325 e. The molecule has 0 spiro atoms. The predicted octanol–water partition coefficient (Wildman–Crippen LogP) is 6.48. The number of aromatic nitrogens is 3. The molecule has 1 amide bonds. The number of hydrogen-bond acceptors (Lipinski definition) is 4. The van der Waals surface area contributed by atoms with E-state index in [0.717, 1.165) is 23.9 Å². The van der Waals surface area contributed by atoms with Gasteiger partial charge in [0.1, 0.15) is 5.82 Å². The molecule has 0 atom stereocenters. The fourth-order valence-corrected chi connectivity index (χ4v) is 3.95. The molecule has 3 aromatic carbocycles. The number of amides is 1. The SMILES string of the molecule is O=C(CSc1nnc(-c2ccc(Cl)cc2)n1-c1ccc(F)cc1)Nc1cccc(C(F)(F)F)c1. The highest BCUT2D eigenvalue weighted by atomic mass is 35.5. The number of nitrogens with one attached hydrogen (secondary N) is 1. The lowest BCUT2D eigenvalue weighted by atomic mass is 10.2. The molecule has 0 radical (unpaired) electrons. The molecule has 1 aromatic heterocycles. The van der Waals surface area contributed by atoms with Crippen LogP contribution in [0.2, 0.25) is 5.02 Å². The third-order valence-corrected chi connectivity index (χ3v) is 5.81. The van der Waals surface area contributed by atoms with Gasteiger partial charge in [-0.15, -0.1) is 10.2 Å². The van der Waals surface area contributed by atoms with Gasteiger partial charge in [-0.1, -0.05) is 29.4 Å². The summed E-state index contributed by atoms with van der Waals surface area (Å²) in [6, 6.07) is 16.9. The average molecular weight is 507 g/mol. The zero-order chi connectivity index (χ0) is 24.3. The van der Waals surface area contributed by atoms with E-state index in [0.29, 0.717) is 27.3 Å². The van der Waals surface area contributed by atoms with Gasteiger partial charge in [-0.3, -0.25) is 9.36 Å². The largest absolute Gasteiger partial charge is 0.416 e. The van der Waals surface area contributed by atoms with E-state index in [1.807, 2.05) is 0 Å². The third kappa shape index (κ3) is 5.57. The number of alkyl halides is 3. The maximum Gasteiger partial charge on any atom is 0.416 e. The number of carbonyl (C=O) groups is 1. The summed E-state index contributed by atoms with van der Waals surface area (Å²) in [6.07, 6.45) is -4.51. The van der Waals surface area contributed by atoms with Crippen molar-refractivity contribution in [2.45, 2.75) is 11.3 Å². The summed E-state index contributed by atoms with van der Waals surface area (Å²) in [5.74, 6) is -0.634. The maximum atomic E-state index is 13.5. The fraction of sp³-hybridized carbons (Fsp3) is 0.0870. The van der Waals surface area contributed by atoms with Crippen molar-refractivity contribution >= 4 is 35.0 Å². The van der Waals surface area contributed by atoms with Gasteiger partial charge in [-0.25, -0.2) is 4.39 Å². The Labute approximate surface area is 200 Å². The Balaban J connectivity index is 1.57. The Morgan fingerprint density at radius 3 is 2.38 bits per heavy atom. The van der Waals surface area contributed by atoms with E-state index in [9.17, 15) is 22.4 Å². The van der Waals surface area contributed by atoms with Crippen LogP contribution in [0.5, 0.6) is 0 Å². The van der Waals surface area contributed by atoms with Gasteiger partial charge in [0.15, 0.2) is 11.0 Å². The second-order valence-corrected chi connectivity index (χ2v) is 8.42. The van der Waals surface area contributed by atoms with Crippen LogP contribution in [0.3, 0.4) is 0 Å². The number of halogens is 5. The van der Waals surface area contributed by atoms with Gasteiger partial charge in [-0.05, 0) is 66.7 Å². The van der Waals surface area contributed by atoms with Gasteiger partial charge in [0.2, 0.25) is 5.91 Å². The molecular weight excluding hydrogens is 492 g/mol. The fourth-order valence-electron chi connectivity index (χ4n) is 3.07. The van der Waals surface area contributed by atoms with Crippen LogP contribution >= 0.6 is 23.4 Å². The molecule has 0 saturated carbocycles. The van der Waals surface area contributed by atoms with E-state index in [-0.39, 0.29) is 11.4 Å². The Hall–Kier alpha value is -3.37. The summed E-state index contributed by atoms with van der Waals surface area (Å²) in [7, 11) is 0. The van der Waals surface area contributed by atoms with E-state index in [2.05, 4.69) is 15.5 Å². The first kappa shape index (κ1) is 23.8. The molecule has 0 aliphatic rings. The summed E-state index contributed by atoms with van der Waals surface area (Å²) in [4.78, 5) is 12.4. The zero-order valence-electron chi connectivity index (χ0n) is 17.2. The zero-order valence-corrected chi connectivity index (χ0v) is 18.8. The van der Waals surface area contributed by atoms with Gasteiger partial charge in [0.25, 0.3) is 0 Å². The number of anilines is 1. The first-order valence-electron chi connectivity index (χ1n) is 9.78. The van der Waals surface area contributed by atoms with Gasteiger partial charge in [0.05, 0.1) is 11.3 Å². The van der Waals surface area contributed by atoms with E-state index in [4.69, 9.17) is 11.6 Å². The molecular formula is C23H15ClF4N4OS. The third-order valence-electron chi connectivity index (χ3n) is 4.63. The van der Waals surface area contributed by atoms with Crippen LogP contribution in [0.25, 0.3) is 17.1 Å². The van der Waals surface area contributed by atoms with Crippen molar-refractivity contribution in [1.82, 2.24) is 14.8 Å². The molecule has 4 rings (SSSR count). The molecule has 1 heterocycles. The summed E-state index contributed by atoms with van der Waals surface area (Å²) < 4.78 is 53.8. The van der Waals surface area contributed by atoms with Crippen molar-refractivity contribution in [1.29, 1.82) is 0 Å². The van der Waals surface area contributed by atoms with E-state index < -0.39 is 23.5 Å². The van der Waals surface area contributed by atoms with Crippen LogP contribution in [-0.2, 0) is 11.0 Å². The van der Waals surface area contributed by atoms with Crippen molar-refractivity contribution in [3.63, 3.8) is 0 Å². The lowest BCUT2D eigenvalue weighted by molar-refractivity contribution is -0.137. The number of benzene rings is 3. The monoisotopic (exact) mass is 506 g/mol. The normalized spacial score (nSPS) is 11.4. The summed E-state index contributed by atoms with van der Waals surface area (Å²) in [5, 5.41) is 11.7. The Morgan fingerprint density at radius 1 is 1.00 bits per heavy atom. The molecule has 11 heteroatoms. The maximum absolute atomic E-state index is 13.5. The highest BCUT2D eigenvalue weighted by molar-refractivity contribution is 7.99. The number of rotatable bonds is 6. The summed E-state index contributed by atoms with van der Waals surface area (Å²) >= 11 is 7.01. The van der Waals surface area contributed by atoms with Crippen molar-refractivity contribution < 1.29 is 22.4 Å². The van der Waals surface area contributed by atoms with E-state index in [1.54, 1.807) is 41.0 Å². The van der Waals surface area contributed by atoms with Gasteiger partial charge in [0, 0.05) is 22.0 Å². The van der Waals surface area contributed by atoms with E-state index >= 15 is 0 Å². The quantitative estimate of drug-likeness (QED) is 0.240. The first-order chi connectivity index (χ1) is 16.2. The van der Waals surface area contributed by atoms with Crippen LogP contribution in [-0.4, -0.2) is 26.4 Å². The summed E-state index contributed by atoms with van der Waals surface area (Å²) in [6.45, 7) is 0. The number of carbonyl (C=O) groups excluding carboxylic acids is 1. The van der Waals surface area contributed by atoms with Crippen molar-refractivity contribution in [2.75, 3.05) is 11.1 Å². The second-order valence-electron chi connectivity index (χ2n) is 7.04. The Morgan fingerprint density at radius 2 is 1.71 bits per heavy atom. The number of hydrogen-bond donors (Lipinski definition) is 1. The topological polar surface area (TPSA) is 59.8 Å². The molecule has 4 aromatic rings.